The Morgan fingerprint density at radius 3 is 1.95 bits per heavy atom. The van der Waals surface area contributed by atoms with Gasteiger partial charge in [-0.15, -0.1) is 0 Å². The first-order chi connectivity index (χ1) is 19.2. The van der Waals surface area contributed by atoms with E-state index in [4.69, 9.17) is 34.3 Å². The fraction of sp³-hybridized carbons (Fsp3) is 0.414. The summed E-state index contributed by atoms with van der Waals surface area (Å²) in [4.78, 5) is 13.5. The van der Waals surface area contributed by atoms with Crippen molar-refractivity contribution < 1.29 is 33.6 Å². The van der Waals surface area contributed by atoms with Crippen molar-refractivity contribution in [3.8, 4) is 16.9 Å². The maximum Gasteiger partial charge on any atom is 0.303 e. The molecule has 0 unspecified atom stereocenters. The van der Waals surface area contributed by atoms with E-state index in [9.17, 15) is 4.79 Å². The summed E-state index contributed by atoms with van der Waals surface area (Å²) in [6.07, 6.45) is 0.644. The molecular weight excluding hydrogens is 502 g/mol. The van der Waals surface area contributed by atoms with E-state index in [1.54, 1.807) is 0 Å². The minimum atomic E-state index is -0.791. The molecule has 0 radical (unpaired) electrons. The first-order valence-corrected chi connectivity index (χ1v) is 13.0. The summed E-state index contributed by atoms with van der Waals surface area (Å²) in [5.74, 6) is 0.00635. The first-order valence-electron chi connectivity index (χ1n) is 13.0. The average molecular weight is 538 g/mol. The van der Waals surface area contributed by atoms with Gasteiger partial charge in [0.1, 0.15) is 12.4 Å². The van der Waals surface area contributed by atoms with Crippen molar-refractivity contribution in [3.63, 3.8) is 0 Å². The minimum absolute atomic E-state index is 0.125. The van der Waals surface area contributed by atoms with Crippen LogP contribution < -0.4 is 4.74 Å². The van der Waals surface area contributed by atoms with Crippen molar-refractivity contribution in [2.45, 2.75) is 12.8 Å². The van der Waals surface area contributed by atoms with Crippen LogP contribution in [0.5, 0.6) is 5.75 Å². The third kappa shape index (κ3) is 10.9. The number of rotatable bonds is 20. The molecule has 0 atom stereocenters. The van der Waals surface area contributed by atoms with Crippen LogP contribution in [-0.4, -0.2) is 77.1 Å². The molecule has 3 aromatic rings. The zero-order chi connectivity index (χ0) is 27.5. The van der Waals surface area contributed by atoms with Crippen LogP contribution in [0.15, 0.2) is 65.8 Å². The van der Waals surface area contributed by atoms with Crippen LogP contribution >= 0.6 is 0 Å². The van der Waals surface area contributed by atoms with Crippen LogP contribution in [0.4, 0.5) is 0 Å². The molecule has 0 saturated heterocycles. The quantitative estimate of drug-likeness (QED) is 0.0897. The van der Waals surface area contributed by atoms with Gasteiger partial charge >= 0.3 is 5.97 Å². The minimum Gasteiger partial charge on any atom is -0.491 e. The van der Waals surface area contributed by atoms with Crippen LogP contribution in [0, 0.1) is 0 Å². The number of aryl methyl sites for hydroxylation is 1. The van der Waals surface area contributed by atoms with E-state index in [-0.39, 0.29) is 6.42 Å². The van der Waals surface area contributed by atoms with Crippen molar-refractivity contribution in [2.24, 2.45) is 5.11 Å². The van der Waals surface area contributed by atoms with E-state index < -0.39 is 5.97 Å². The Balaban J connectivity index is 1.34. The van der Waals surface area contributed by atoms with Gasteiger partial charge in [0.2, 0.25) is 0 Å². The second-order valence-electron chi connectivity index (χ2n) is 8.50. The van der Waals surface area contributed by atoms with E-state index in [1.807, 2.05) is 48.5 Å². The molecule has 0 aliphatic carbocycles. The molecule has 0 amide bonds. The molecule has 0 spiro atoms. The van der Waals surface area contributed by atoms with E-state index >= 15 is 0 Å². The highest BCUT2D eigenvalue weighted by molar-refractivity contribution is 6.00. The average Bonchev–Trinajstić information content (AvgIpc) is 2.96. The number of ether oxygens (including phenoxy) is 5. The number of hydrogen-bond donors (Lipinski definition) is 1. The van der Waals surface area contributed by atoms with Crippen molar-refractivity contribution in [1.82, 2.24) is 0 Å². The van der Waals surface area contributed by atoms with Crippen molar-refractivity contribution >= 4 is 16.7 Å². The number of azide groups is 1. The molecule has 0 bridgehead atoms. The van der Waals surface area contributed by atoms with Gasteiger partial charge in [-0.25, -0.2) is 0 Å². The van der Waals surface area contributed by atoms with Gasteiger partial charge < -0.3 is 28.8 Å². The van der Waals surface area contributed by atoms with Crippen LogP contribution in [0.2, 0.25) is 0 Å². The van der Waals surface area contributed by atoms with E-state index in [1.165, 1.54) is 0 Å². The highest BCUT2D eigenvalue weighted by Gasteiger charge is 2.09. The number of aliphatic carboxylic acids is 1. The molecule has 10 heteroatoms. The van der Waals surface area contributed by atoms with Crippen molar-refractivity contribution in [1.29, 1.82) is 0 Å². The maximum absolute atomic E-state index is 10.8. The van der Waals surface area contributed by atoms with Crippen LogP contribution in [0.25, 0.3) is 32.3 Å². The summed E-state index contributed by atoms with van der Waals surface area (Å²) in [7, 11) is 0. The number of fused-ring (bicyclic) bond motifs is 1. The first kappa shape index (κ1) is 29.9. The molecule has 0 fully saturated rings. The zero-order valence-electron chi connectivity index (χ0n) is 22.0. The topological polar surface area (TPSA) is 132 Å². The Kier molecular flexibility index (Phi) is 13.6. The van der Waals surface area contributed by atoms with Crippen molar-refractivity contribution in [2.75, 3.05) is 66.0 Å². The molecule has 0 saturated carbocycles. The van der Waals surface area contributed by atoms with Gasteiger partial charge in [-0.1, -0.05) is 59.7 Å². The third-order valence-corrected chi connectivity index (χ3v) is 5.78. The van der Waals surface area contributed by atoms with Gasteiger partial charge in [0.15, 0.2) is 0 Å². The van der Waals surface area contributed by atoms with Gasteiger partial charge in [-0.3, -0.25) is 4.79 Å². The van der Waals surface area contributed by atoms with Gasteiger partial charge in [0, 0.05) is 23.3 Å². The Labute approximate surface area is 228 Å². The fourth-order valence-corrected chi connectivity index (χ4v) is 3.87. The summed E-state index contributed by atoms with van der Waals surface area (Å²) >= 11 is 0. The molecule has 3 aromatic carbocycles. The predicted molar refractivity (Wildman–Crippen MR) is 148 cm³/mol. The van der Waals surface area contributed by atoms with Gasteiger partial charge in [0.05, 0.1) is 52.9 Å². The van der Waals surface area contributed by atoms with Crippen LogP contribution in [0.3, 0.4) is 0 Å². The molecule has 1 N–H and O–H groups in total. The fourth-order valence-electron chi connectivity index (χ4n) is 3.87. The summed E-state index contributed by atoms with van der Waals surface area (Å²) in [5.41, 5.74) is 11.3. The molecular formula is C29H35N3O7. The van der Waals surface area contributed by atoms with E-state index in [0.717, 1.165) is 33.2 Å². The number of carboxylic acids is 1. The smallest absolute Gasteiger partial charge is 0.303 e. The molecule has 3 rings (SSSR count). The predicted octanol–water partition coefficient (Wildman–Crippen LogP) is 5.28. The van der Waals surface area contributed by atoms with Gasteiger partial charge in [-0.2, -0.15) is 0 Å². The van der Waals surface area contributed by atoms with E-state index in [0.29, 0.717) is 72.4 Å². The highest BCUT2D eigenvalue weighted by atomic mass is 16.6. The largest absolute Gasteiger partial charge is 0.491 e. The summed E-state index contributed by atoms with van der Waals surface area (Å²) < 4.78 is 27.8. The Hall–Kier alpha value is -3.66. The molecule has 10 nitrogen and oxygen atoms in total. The second-order valence-corrected chi connectivity index (χ2v) is 8.50. The molecule has 208 valence electrons. The molecule has 0 heterocycles. The lowest BCUT2D eigenvalue weighted by Crippen LogP contribution is -2.14. The van der Waals surface area contributed by atoms with Gasteiger partial charge in [-0.05, 0) is 40.1 Å². The number of nitrogens with zero attached hydrogens (tertiary/aromatic N) is 3. The standard InChI is InChI=1S/C29H35N3O7/c30-32-31-13-14-35-15-16-36-17-18-37-19-20-38-21-22-39-28-11-10-25(26-3-1-2-4-27(26)28)24-8-5-23(6-9-24)7-12-29(33)34/h1-6,8-11H,7,12-22H2,(H,33,34). The number of carbonyl (C=O) groups is 1. The lowest BCUT2D eigenvalue weighted by Gasteiger charge is -2.13. The lowest BCUT2D eigenvalue weighted by atomic mass is 9.96. The van der Waals surface area contributed by atoms with Crippen molar-refractivity contribution in [3.05, 3.63) is 76.7 Å². The summed E-state index contributed by atoms with van der Waals surface area (Å²) in [5, 5.41) is 14.4. The number of carboxylic acid groups (broad SMARTS) is 1. The Bertz CT molecular complexity index is 1200. The van der Waals surface area contributed by atoms with E-state index in [2.05, 4.69) is 22.2 Å². The van der Waals surface area contributed by atoms with Crippen LogP contribution in [0.1, 0.15) is 12.0 Å². The normalized spacial score (nSPS) is 10.9. The number of hydrogen-bond acceptors (Lipinski definition) is 7. The molecule has 39 heavy (non-hydrogen) atoms. The molecule has 0 aromatic heterocycles. The monoisotopic (exact) mass is 537 g/mol. The Morgan fingerprint density at radius 1 is 0.744 bits per heavy atom. The summed E-state index contributed by atoms with van der Waals surface area (Å²) in [6.45, 7) is 4.37. The zero-order valence-corrected chi connectivity index (χ0v) is 22.0. The van der Waals surface area contributed by atoms with Gasteiger partial charge in [0.25, 0.3) is 0 Å². The SMILES string of the molecule is [N-]=[N+]=NCCOCCOCCOCCOCCOc1ccc(-c2ccc(CCC(=O)O)cc2)c2ccccc12. The third-order valence-electron chi connectivity index (χ3n) is 5.78. The molecule has 0 aliphatic heterocycles. The Morgan fingerprint density at radius 2 is 1.33 bits per heavy atom. The second kappa shape index (κ2) is 17.8. The highest BCUT2D eigenvalue weighted by Crippen LogP contribution is 2.34. The summed E-state index contributed by atoms with van der Waals surface area (Å²) in [6, 6.07) is 20.2. The lowest BCUT2D eigenvalue weighted by molar-refractivity contribution is -0.136. The van der Waals surface area contributed by atoms with Crippen LogP contribution in [-0.2, 0) is 30.2 Å². The molecule has 0 aliphatic rings. The number of benzene rings is 3. The maximum atomic E-state index is 10.8.